The van der Waals surface area contributed by atoms with E-state index in [-0.39, 0.29) is 5.91 Å². The van der Waals surface area contributed by atoms with Crippen molar-refractivity contribution < 1.29 is 14.3 Å². The number of methoxy groups -OCH3 is 2. The molecule has 0 rings (SSSR count). The number of carbonyl (C=O) groups excluding carboxylic acids is 1. The predicted molar refractivity (Wildman–Crippen MR) is 59.8 cm³/mol. The molecule has 88 valence electrons. The maximum Gasteiger partial charge on any atom is 0.246 e. The van der Waals surface area contributed by atoms with Crippen molar-refractivity contribution >= 4 is 5.91 Å². The molecule has 0 aliphatic heterocycles. The zero-order valence-electron chi connectivity index (χ0n) is 9.86. The van der Waals surface area contributed by atoms with Crippen LogP contribution >= 0.6 is 0 Å². The largest absolute Gasteiger partial charge is 0.385 e. The second-order valence-electron chi connectivity index (χ2n) is 3.16. The van der Waals surface area contributed by atoms with Gasteiger partial charge in [-0.2, -0.15) is 0 Å². The Bertz CT molecular complexity index is 192. The third-order valence-corrected chi connectivity index (χ3v) is 1.96. The van der Waals surface area contributed by atoms with Gasteiger partial charge in [-0.3, -0.25) is 4.79 Å². The van der Waals surface area contributed by atoms with Crippen LogP contribution in [0.4, 0.5) is 0 Å². The Balaban J connectivity index is 3.99. The molecule has 0 saturated carbocycles. The molecular formula is C11H21NO3. The first-order valence-corrected chi connectivity index (χ1v) is 5.15. The van der Waals surface area contributed by atoms with Crippen molar-refractivity contribution in [3.05, 3.63) is 12.2 Å². The van der Waals surface area contributed by atoms with Crippen LogP contribution in [-0.2, 0) is 14.3 Å². The van der Waals surface area contributed by atoms with Gasteiger partial charge in [0.2, 0.25) is 5.91 Å². The summed E-state index contributed by atoms with van der Waals surface area (Å²) in [6.45, 7) is 4.41. The lowest BCUT2D eigenvalue weighted by atomic mass is 10.3. The fraction of sp³-hybridized carbons (Fsp3) is 0.727. The molecule has 0 spiro atoms. The fourth-order valence-corrected chi connectivity index (χ4v) is 1.18. The van der Waals surface area contributed by atoms with Gasteiger partial charge in [0, 0.05) is 33.9 Å². The van der Waals surface area contributed by atoms with Crippen LogP contribution in [0.2, 0.25) is 0 Å². The summed E-state index contributed by atoms with van der Waals surface area (Å²) in [5, 5.41) is 0. The lowest BCUT2D eigenvalue weighted by Gasteiger charge is -2.20. The Morgan fingerprint density at radius 3 is 2.40 bits per heavy atom. The van der Waals surface area contributed by atoms with Gasteiger partial charge in [-0.1, -0.05) is 6.08 Å². The van der Waals surface area contributed by atoms with Crippen LogP contribution < -0.4 is 0 Å². The van der Waals surface area contributed by atoms with Crippen LogP contribution in [0.1, 0.15) is 13.3 Å². The molecule has 0 radical (unpaired) electrons. The van der Waals surface area contributed by atoms with E-state index in [0.29, 0.717) is 26.3 Å². The highest BCUT2D eigenvalue weighted by atomic mass is 16.5. The zero-order chi connectivity index (χ0) is 11.5. The quantitative estimate of drug-likeness (QED) is 0.449. The summed E-state index contributed by atoms with van der Waals surface area (Å²) < 4.78 is 9.91. The first kappa shape index (κ1) is 14.1. The van der Waals surface area contributed by atoms with E-state index in [9.17, 15) is 4.79 Å². The smallest absolute Gasteiger partial charge is 0.246 e. The van der Waals surface area contributed by atoms with E-state index in [1.807, 2.05) is 6.92 Å². The predicted octanol–water partition coefficient (Wildman–Crippen LogP) is 1.07. The molecule has 0 aromatic rings. The second kappa shape index (κ2) is 9.68. The summed E-state index contributed by atoms with van der Waals surface area (Å²) in [6, 6.07) is 0. The van der Waals surface area contributed by atoms with Crippen molar-refractivity contribution in [3.8, 4) is 0 Å². The van der Waals surface area contributed by atoms with Crippen molar-refractivity contribution in [2.45, 2.75) is 13.3 Å². The molecule has 0 fully saturated rings. The van der Waals surface area contributed by atoms with Crippen LogP contribution in [0.3, 0.4) is 0 Å². The van der Waals surface area contributed by atoms with Crippen molar-refractivity contribution in [1.29, 1.82) is 0 Å². The van der Waals surface area contributed by atoms with E-state index in [4.69, 9.17) is 9.47 Å². The molecule has 0 bridgehead atoms. The Hall–Kier alpha value is -0.870. The summed E-state index contributed by atoms with van der Waals surface area (Å²) in [4.78, 5) is 13.4. The van der Waals surface area contributed by atoms with Crippen LogP contribution in [-0.4, -0.2) is 51.3 Å². The highest BCUT2D eigenvalue weighted by Crippen LogP contribution is 1.95. The number of carbonyl (C=O) groups is 1. The average Bonchev–Trinajstić information content (AvgIpc) is 2.23. The maximum atomic E-state index is 11.6. The zero-order valence-corrected chi connectivity index (χ0v) is 9.86. The first-order valence-electron chi connectivity index (χ1n) is 5.15. The number of amides is 1. The monoisotopic (exact) mass is 215 g/mol. The lowest BCUT2D eigenvalue weighted by Crippen LogP contribution is -2.34. The van der Waals surface area contributed by atoms with Crippen LogP contribution in [0, 0.1) is 0 Å². The van der Waals surface area contributed by atoms with E-state index in [1.165, 1.54) is 0 Å². The summed E-state index contributed by atoms with van der Waals surface area (Å²) in [7, 11) is 3.29. The fourth-order valence-electron chi connectivity index (χ4n) is 1.18. The van der Waals surface area contributed by atoms with Gasteiger partial charge in [0.15, 0.2) is 0 Å². The number of hydrogen-bond donors (Lipinski definition) is 0. The minimum absolute atomic E-state index is 0.0330. The molecule has 4 heteroatoms. The van der Waals surface area contributed by atoms with Gasteiger partial charge < -0.3 is 14.4 Å². The number of ether oxygens (including phenoxy) is 2. The third-order valence-electron chi connectivity index (χ3n) is 1.96. The van der Waals surface area contributed by atoms with Crippen LogP contribution in [0.25, 0.3) is 0 Å². The molecule has 0 heterocycles. The molecule has 0 aromatic heterocycles. The number of nitrogens with zero attached hydrogens (tertiary/aromatic N) is 1. The molecule has 0 saturated heterocycles. The summed E-state index contributed by atoms with van der Waals surface area (Å²) in [5.41, 5.74) is 0. The highest BCUT2D eigenvalue weighted by molar-refractivity contribution is 5.87. The van der Waals surface area contributed by atoms with E-state index in [2.05, 4.69) is 0 Å². The second-order valence-corrected chi connectivity index (χ2v) is 3.16. The lowest BCUT2D eigenvalue weighted by molar-refractivity contribution is -0.126. The van der Waals surface area contributed by atoms with Crippen molar-refractivity contribution in [3.63, 3.8) is 0 Å². The normalized spacial score (nSPS) is 10.9. The van der Waals surface area contributed by atoms with E-state index >= 15 is 0 Å². The van der Waals surface area contributed by atoms with Gasteiger partial charge in [0.25, 0.3) is 0 Å². The molecule has 0 aliphatic carbocycles. The molecule has 0 N–H and O–H groups in total. The van der Waals surface area contributed by atoms with E-state index in [1.54, 1.807) is 31.3 Å². The van der Waals surface area contributed by atoms with Crippen LogP contribution in [0.15, 0.2) is 12.2 Å². The van der Waals surface area contributed by atoms with Crippen molar-refractivity contribution in [2.75, 3.05) is 40.5 Å². The number of hydrogen-bond acceptors (Lipinski definition) is 3. The summed E-state index contributed by atoms with van der Waals surface area (Å²) in [5.74, 6) is 0.0330. The third kappa shape index (κ3) is 7.11. The van der Waals surface area contributed by atoms with Crippen molar-refractivity contribution in [2.24, 2.45) is 0 Å². The highest BCUT2D eigenvalue weighted by Gasteiger charge is 2.08. The van der Waals surface area contributed by atoms with E-state index < -0.39 is 0 Å². The standard InChI is InChI=1S/C11H21NO3/c1-4-6-11(13)12(8-10-15-3)7-5-9-14-2/h4,6H,5,7-10H2,1-3H3. The maximum absolute atomic E-state index is 11.6. The molecular weight excluding hydrogens is 194 g/mol. The Morgan fingerprint density at radius 1 is 1.20 bits per heavy atom. The Kier molecular flexibility index (Phi) is 9.11. The van der Waals surface area contributed by atoms with E-state index in [0.717, 1.165) is 6.42 Å². The molecule has 0 aromatic carbocycles. The average molecular weight is 215 g/mol. The minimum Gasteiger partial charge on any atom is -0.385 e. The first-order chi connectivity index (χ1) is 7.26. The van der Waals surface area contributed by atoms with Gasteiger partial charge in [0.1, 0.15) is 0 Å². The molecule has 0 unspecified atom stereocenters. The molecule has 0 atom stereocenters. The minimum atomic E-state index is 0.0330. The Morgan fingerprint density at radius 2 is 1.87 bits per heavy atom. The number of rotatable bonds is 8. The van der Waals surface area contributed by atoms with Gasteiger partial charge in [-0.25, -0.2) is 0 Å². The van der Waals surface area contributed by atoms with Crippen molar-refractivity contribution in [1.82, 2.24) is 4.90 Å². The van der Waals surface area contributed by atoms with Crippen LogP contribution in [0.5, 0.6) is 0 Å². The number of allylic oxidation sites excluding steroid dienone is 1. The van der Waals surface area contributed by atoms with Gasteiger partial charge >= 0.3 is 0 Å². The SMILES string of the molecule is CC=CC(=O)N(CCCOC)CCOC. The topological polar surface area (TPSA) is 38.8 Å². The van der Waals surface area contributed by atoms with Gasteiger partial charge in [-0.15, -0.1) is 0 Å². The molecule has 15 heavy (non-hydrogen) atoms. The summed E-state index contributed by atoms with van der Waals surface area (Å²) in [6.07, 6.45) is 4.17. The molecule has 4 nitrogen and oxygen atoms in total. The molecule has 0 aliphatic rings. The summed E-state index contributed by atoms with van der Waals surface area (Å²) >= 11 is 0. The van der Waals surface area contributed by atoms with Gasteiger partial charge in [-0.05, 0) is 19.4 Å². The van der Waals surface area contributed by atoms with Gasteiger partial charge in [0.05, 0.1) is 6.61 Å². The Labute approximate surface area is 91.8 Å². The molecule has 1 amide bonds.